The van der Waals surface area contributed by atoms with Crippen LogP contribution in [0.15, 0.2) is 0 Å². The molecule has 2 aliphatic carbocycles. The molecule has 2 rings (SSSR count). The van der Waals surface area contributed by atoms with Crippen molar-refractivity contribution in [3.63, 3.8) is 0 Å². The van der Waals surface area contributed by atoms with Crippen LogP contribution in [0.4, 0.5) is 0 Å². The predicted molar refractivity (Wildman–Crippen MR) is 91.1 cm³/mol. The molecule has 0 radical (unpaired) electrons. The van der Waals surface area contributed by atoms with E-state index in [1.54, 1.807) is 0 Å². The molecule has 0 amide bonds. The minimum atomic E-state index is -1.59. The van der Waals surface area contributed by atoms with Gasteiger partial charge in [-0.1, -0.05) is 40.0 Å². The van der Waals surface area contributed by atoms with E-state index >= 15 is 0 Å². The zero-order chi connectivity index (χ0) is 15.3. The molecule has 1 atom stereocenters. The fourth-order valence-corrected chi connectivity index (χ4v) is 7.78. The van der Waals surface area contributed by atoms with Gasteiger partial charge in [-0.2, -0.15) is 0 Å². The first kappa shape index (κ1) is 17.2. The number of ketones is 1. The highest BCUT2D eigenvalue weighted by atomic mass is 28.4. The molecule has 2 nitrogen and oxygen atoms in total. The molecule has 0 aromatic carbocycles. The second-order valence-electron chi connectivity index (χ2n) is 7.30. The van der Waals surface area contributed by atoms with E-state index in [1.807, 2.05) is 0 Å². The molecule has 2 aliphatic rings. The molecule has 0 heterocycles. The summed E-state index contributed by atoms with van der Waals surface area (Å²) < 4.78 is 7.09. The molecule has 0 aromatic heterocycles. The first-order chi connectivity index (χ1) is 10.1. The largest absolute Gasteiger partial charge is 0.411 e. The Hall–Kier alpha value is -0.153. The topological polar surface area (TPSA) is 26.3 Å². The van der Waals surface area contributed by atoms with Crippen LogP contribution in [0.5, 0.6) is 0 Å². The Kier molecular flexibility index (Phi) is 6.07. The molecule has 0 saturated heterocycles. The van der Waals surface area contributed by atoms with Gasteiger partial charge in [0.25, 0.3) is 0 Å². The van der Waals surface area contributed by atoms with E-state index in [4.69, 9.17) is 4.43 Å². The Morgan fingerprint density at radius 3 is 2.19 bits per heavy atom. The fraction of sp³-hybridized carbons (Fsp3) is 0.944. The maximum Gasteiger partial charge on any atom is 0.192 e. The van der Waals surface area contributed by atoms with Crippen LogP contribution in [0.3, 0.4) is 0 Å². The third-order valence-corrected chi connectivity index (χ3v) is 11.0. The van der Waals surface area contributed by atoms with Crippen molar-refractivity contribution in [3.8, 4) is 0 Å². The van der Waals surface area contributed by atoms with Gasteiger partial charge in [0.05, 0.1) is 5.60 Å². The monoisotopic (exact) mass is 310 g/mol. The summed E-state index contributed by atoms with van der Waals surface area (Å²) in [6, 6.07) is 3.67. The van der Waals surface area contributed by atoms with Gasteiger partial charge in [0.15, 0.2) is 8.32 Å². The summed E-state index contributed by atoms with van der Waals surface area (Å²) in [7, 11) is -1.59. The summed E-state index contributed by atoms with van der Waals surface area (Å²) in [4.78, 5) is 12.0. The van der Waals surface area contributed by atoms with Gasteiger partial charge in [-0.25, -0.2) is 0 Å². The average molecular weight is 311 g/mol. The van der Waals surface area contributed by atoms with Crippen molar-refractivity contribution < 1.29 is 9.22 Å². The van der Waals surface area contributed by atoms with E-state index < -0.39 is 8.32 Å². The number of carbonyl (C=O) groups is 1. The van der Waals surface area contributed by atoms with Crippen molar-refractivity contribution >= 4 is 14.1 Å². The van der Waals surface area contributed by atoms with E-state index in [2.05, 4.69) is 20.8 Å². The lowest BCUT2D eigenvalue weighted by atomic mass is 9.69. The van der Waals surface area contributed by atoms with Crippen molar-refractivity contribution in [3.05, 3.63) is 0 Å². The van der Waals surface area contributed by atoms with Gasteiger partial charge in [0, 0.05) is 12.8 Å². The second kappa shape index (κ2) is 7.41. The van der Waals surface area contributed by atoms with Crippen LogP contribution in [0.25, 0.3) is 0 Å². The van der Waals surface area contributed by atoms with E-state index in [0.29, 0.717) is 11.7 Å². The number of rotatable bonds is 6. The minimum absolute atomic E-state index is 0.0581. The Balaban J connectivity index is 2.21. The van der Waals surface area contributed by atoms with E-state index in [-0.39, 0.29) is 5.60 Å². The van der Waals surface area contributed by atoms with Crippen LogP contribution < -0.4 is 0 Å². The maximum absolute atomic E-state index is 12.0. The molecule has 0 N–H and O–H groups in total. The average Bonchev–Trinajstić information content (AvgIpc) is 2.54. The molecule has 0 spiro atoms. The maximum atomic E-state index is 12.0. The number of hydrogen-bond acceptors (Lipinski definition) is 2. The van der Waals surface area contributed by atoms with Crippen LogP contribution in [0.1, 0.15) is 78.6 Å². The highest BCUT2D eigenvalue weighted by Gasteiger charge is 2.47. The molecule has 21 heavy (non-hydrogen) atoms. The third-order valence-electron chi connectivity index (χ3n) is 6.28. The first-order valence-corrected chi connectivity index (χ1v) is 11.8. The Bertz CT molecular complexity index is 335. The summed E-state index contributed by atoms with van der Waals surface area (Å²) in [5, 5.41) is 0. The molecule has 0 aliphatic heterocycles. The molecule has 122 valence electrons. The van der Waals surface area contributed by atoms with E-state index in [9.17, 15) is 4.79 Å². The zero-order valence-electron chi connectivity index (χ0n) is 14.4. The zero-order valence-corrected chi connectivity index (χ0v) is 15.4. The number of carbonyl (C=O) groups excluding carboxylic acids is 1. The first-order valence-electron chi connectivity index (χ1n) is 9.31. The lowest BCUT2D eigenvalue weighted by Gasteiger charge is -2.50. The normalized spacial score (nSPS) is 26.8. The lowest BCUT2D eigenvalue weighted by molar-refractivity contribution is -0.126. The quantitative estimate of drug-likeness (QED) is 0.608. The Labute approximate surface area is 132 Å². The van der Waals surface area contributed by atoms with Gasteiger partial charge in [-0.05, 0) is 49.7 Å². The number of hydrogen-bond donors (Lipinski definition) is 0. The summed E-state index contributed by atoms with van der Waals surface area (Å²) in [6.45, 7) is 6.96. The highest BCUT2D eigenvalue weighted by molar-refractivity contribution is 6.73. The van der Waals surface area contributed by atoms with Crippen LogP contribution in [-0.2, 0) is 9.22 Å². The van der Waals surface area contributed by atoms with E-state index in [0.717, 1.165) is 19.3 Å². The van der Waals surface area contributed by atoms with Crippen LogP contribution >= 0.6 is 0 Å². The van der Waals surface area contributed by atoms with Crippen LogP contribution in [0.2, 0.25) is 18.1 Å². The van der Waals surface area contributed by atoms with E-state index in [1.165, 1.54) is 56.7 Å². The minimum Gasteiger partial charge on any atom is -0.411 e. The summed E-state index contributed by atoms with van der Waals surface area (Å²) in [5.74, 6) is 0.993. The smallest absolute Gasteiger partial charge is 0.192 e. The fourth-order valence-electron chi connectivity index (χ4n) is 4.62. The summed E-state index contributed by atoms with van der Waals surface area (Å²) >= 11 is 0. The Morgan fingerprint density at radius 1 is 1.05 bits per heavy atom. The van der Waals surface area contributed by atoms with Gasteiger partial charge < -0.3 is 4.43 Å². The third kappa shape index (κ3) is 3.79. The second-order valence-corrected chi connectivity index (χ2v) is 12.0. The molecule has 1 unspecified atom stereocenters. The van der Waals surface area contributed by atoms with Crippen molar-refractivity contribution in [2.24, 2.45) is 5.92 Å². The van der Waals surface area contributed by atoms with Gasteiger partial charge in [-0.3, -0.25) is 4.79 Å². The van der Waals surface area contributed by atoms with Gasteiger partial charge >= 0.3 is 0 Å². The molecular weight excluding hydrogens is 276 g/mol. The van der Waals surface area contributed by atoms with Gasteiger partial charge in [0.1, 0.15) is 5.78 Å². The van der Waals surface area contributed by atoms with Gasteiger partial charge in [-0.15, -0.1) is 0 Å². The van der Waals surface area contributed by atoms with Crippen molar-refractivity contribution in [1.29, 1.82) is 0 Å². The number of Topliss-reactive ketones (excluding diaryl/α,β-unsaturated/α-hetero) is 1. The van der Waals surface area contributed by atoms with Crippen molar-refractivity contribution in [2.75, 3.05) is 0 Å². The molecule has 2 fully saturated rings. The molecule has 0 bridgehead atoms. The van der Waals surface area contributed by atoms with Crippen molar-refractivity contribution in [1.82, 2.24) is 0 Å². The standard InChI is InChI=1S/C18H34O2Si/c1-4-21(5-2,6-3)20-18(13-8-7-9-14-18)16-11-10-12-17(19)15-16/h16H,4-15H2,1-3H3. The van der Waals surface area contributed by atoms with Crippen LogP contribution in [-0.4, -0.2) is 19.7 Å². The predicted octanol–water partition coefficient (Wildman–Crippen LogP) is 5.47. The van der Waals surface area contributed by atoms with Gasteiger partial charge in [0.2, 0.25) is 0 Å². The molecule has 3 heteroatoms. The molecular formula is C18H34O2Si. The molecule has 0 aromatic rings. The Morgan fingerprint density at radius 2 is 1.67 bits per heavy atom. The molecule has 2 saturated carbocycles. The van der Waals surface area contributed by atoms with Crippen LogP contribution in [0, 0.1) is 5.92 Å². The summed E-state index contributed by atoms with van der Waals surface area (Å²) in [5.41, 5.74) is 0.0581. The summed E-state index contributed by atoms with van der Waals surface area (Å²) in [6.07, 6.45) is 10.3. The van der Waals surface area contributed by atoms with Crippen molar-refractivity contribution in [2.45, 2.75) is 102 Å². The SMILES string of the molecule is CC[Si](CC)(CC)OC1(C2CCCC(=O)C2)CCCCC1. The highest BCUT2D eigenvalue weighted by Crippen LogP contribution is 2.46. The lowest BCUT2D eigenvalue weighted by Crippen LogP contribution is -2.53.